The quantitative estimate of drug-likeness (QED) is 0.481. The van der Waals surface area contributed by atoms with Crippen LogP contribution in [0.25, 0.3) is 0 Å². The average molecular weight is 548 g/mol. The first-order valence-electron chi connectivity index (χ1n) is 15.6. The molecule has 2 bridgehead atoms. The number of amides is 3. The van der Waals surface area contributed by atoms with E-state index in [1.807, 2.05) is 41.3 Å². The molecule has 3 aliphatic heterocycles. The highest BCUT2D eigenvalue weighted by molar-refractivity contribution is 6.03. The molecule has 7 heteroatoms. The van der Waals surface area contributed by atoms with E-state index in [-0.39, 0.29) is 29.8 Å². The summed E-state index contributed by atoms with van der Waals surface area (Å²) in [6.07, 6.45) is 11.6. The molecule has 2 N–H and O–H groups in total. The van der Waals surface area contributed by atoms with Crippen molar-refractivity contribution < 1.29 is 19.1 Å². The number of benzene rings is 1. The minimum absolute atomic E-state index is 0.00279. The van der Waals surface area contributed by atoms with E-state index >= 15 is 0 Å². The van der Waals surface area contributed by atoms with E-state index in [2.05, 4.69) is 38.3 Å². The third kappa shape index (κ3) is 4.49. The van der Waals surface area contributed by atoms with Crippen molar-refractivity contribution >= 4 is 23.4 Å². The lowest BCUT2D eigenvalue weighted by Crippen LogP contribution is -2.59. The number of anilines is 1. The number of nitrogens with zero attached hydrogens (tertiary/aromatic N) is 1. The Morgan fingerprint density at radius 1 is 0.975 bits per heavy atom. The van der Waals surface area contributed by atoms with Gasteiger partial charge < -0.3 is 20.3 Å². The fourth-order valence-electron chi connectivity index (χ4n) is 8.18. The van der Waals surface area contributed by atoms with Crippen LogP contribution in [0.2, 0.25) is 0 Å². The van der Waals surface area contributed by atoms with Crippen molar-refractivity contribution in [1.29, 1.82) is 0 Å². The van der Waals surface area contributed by atoms with Crippen LogP contribution in [0.15, 0.2) is 36.4 Å². The van der Waals surface area contributed by atoms with Gasteiger partial charge in [0.1, 0.15) is 11.6 Å². The minimum Gasteiger partial charge on any atom is -0.359 e. The lowest BCUT2D eigenvalue weighted by atomic mass is 9.73. The molecule has 0 aromatic heterocycles. The second-order valence-corrected chi connectivity index (χ2v) is 13.4. The Kier molecular flexibility index (Phi) is 7.30. The van der Waals surface area contributed by atoms with Crippen LogP contribution < -0.4 is 10.6 Å². The van der Waals surface area contributed by atoms with E-state index in [0.717, 1.165) is 44.9 Å². The van der Waals surface area contributed by atoms with Crippen LogP contribution in [0.3, 0.4) is 0 Å². The van der Waals surface area contributed by atoms with Gasteiger partial charge in [0.15, 0.2) is 0 Å². The van der Waals surface area contributed by atoms with Gasteiger partial charge in [-0.1, -0.05) is 84.1 Å². The van der Waals surface area contributed by atoms with Crippen molar-refractivity contribution in [2.24, 2.45) is 23.7 Å². The Hall–Kier alpha value is -2.67. The zero-order valence-electron chi connectivity index (χ0n) is 24.4. The summed E-state index contributed by atoms with van der Waals surface area (Å²) in [6, 6.07) is 7.23. The molecule has 2 saturated carbocycles. The largest absolute Gasteiger partial charge is 0.359 e. The van der Waals surface area contributed by atoms with E-state index < -0.39 is 29.6 Å². The molecule has 0 unspecified atom stereocenters. The molecule has 4 fully saturated rings. The molecule has 1 aromatic rings. The van der Waals surface area contributed by atoms with Crippen molar-refractivity contribution in [1.82, 2.24) is 10.2 Å². The van der Waals surface area contributed by atoms with Gasteiger partial charge in [0, 0.05) is 17.8 Å². The third-order valence-electron chi connectivity index (χ3n) is 10.7. The first-order chi connectivity index (χ1) is 19.2. The molecule has 0 radical (unpaired) electrons. The normalized spacial score (nSPS) is 37.2. The molecule has 1 spiro atoms. The molecule has 1 aromatic carbocycles. The maximum atomic E-state index is 14.3. The summed E-state index contributed by atoms with van der Waals surface area (Å²) in [6.45, 7) is 8.75. The number of carbonyl (C=O) groups is 3. The van der Waals surface area contributed by atoms with Crippen molar-refractivity contribution in [3.8, 4) is 0 Å². The molecule has 5 aliphatic rings. The Morgan fingerprint density at radius 2 is 1.70 bits per heavy atom. The summed E-state index contributed by atoms with van der Waals surface area (Å²) in [5.74, 6) is -0.474. The van der Waals surface area contributed by atoms with E-state index in [1.165, 1.54) is 12.0 Å². The number of rotatable bonds is 6. The fourth-order valence-corrected chi connectivity index (χ4v) is 8.18. The van der Waals surface area contributed by atoms with Gasteiger partial charge in [0.2, 0.25) is 17.7 Å². The second kappa shape index (κ2) is 10.6. The van der Waals surface area contributed by atoms with Crippen LogP contribution in [0.5, 0.6) is 0 Å². The molecule has 40 heavy (non-hydrogen) atoms. The Morgan fingerprint density at radius 3 is 2.40 bits per heavy atom. The number of hydrogen-bond donors (Lipinski definition) is 2. The zero-order valence-corrected chi connectivity index (χ0v) is 24.4. The van der Waals surface area contributed by atoms with Gasteiger partial charge in [0.05, 0.1) is 17.9 Å². The van der Waals surface area contributed by atoms with E-state index in [9.17, 15) is 14.4 Å². The molecule has 2 saturated heterocycles. The Labute approximate surface area is 238 Å². The maximum absolute atomic E-state index is 14.3. The fraction of sp³-hybridized carbons (Fsp3) is 0.667. The van der Waals surface area contributed by atoms with Gasteiger partial charge in [-0.3, -0.25) is 14.4 Å². The van der Waals surface area contributed by atoms with Gasteiger partial charge in [-0.05, 0) is 54.7 Å². The molecule has 3 heterocycles. The van der Waals surface area contributed by atoms with Crippen LogP contribution in [0, 0.1) is 23.7 Å². The molecular weight excluding hydrogens is 502 g/mol. The summed E-state index contributed by atoms with van der Waals surface area (Å²) >= 11 is 0. The summed E-state index contributed by atoms with van der Waals surface area (Å²) in [5, 5.41) is 6.43. The molecule has 7 nitrogen and oxygen atoms in total. The molecular formula is C33H45N3O4. The van der Waals surface area contributed by atoms with Crippen LogP contribution in [0.4, 0.5) is 5.69 Å². The highest BCUT2D eigenvalue weighted by Crippen LogP contribution is 2.56. The van der Waals surface area contributed by atoms with Crippen molar-refractivity contribution in [3.63, 3.8) is 0 Å². The van der Waals surface area contributed by atoms with E-state index in [0.29, 0.717) is 23.4 Å². The van der Waals surface area contributed by atoms with Crippen LogP contribution in [-0.2, 0) is 19.1 Å². The first-order valence-corrected chi connectivity index (χ1v) is 15.6. The van der Waals surface area contributed by atoms with Gasteiger partial charge in [-0.25, -0.2) is 0 Å². The predicted octanol–water partition coefficient (Wildman–Crippen LogP) is 5.17. The Balaban J connectivity index is 1.29. The van der Waals surface area contributed by atoms with Crippen molar-refractivity contribution in [2.75, 3.05) is 5.32 Å². The predicted molar refractivity (Wildman–Crippen MR) is 155 cm³/mol. The minimum atomic E-state index is -1.10. The second-order valence-electron chi connectivity index (χ2n) is 13.4. The molecule has 2 aliphatic carbocycles. The highest BCUT2D eigenvalue weighted by atomic mass is 16.5. The monoisotopic (exact) mass is 547 g/mol. The molecule has 6 rings (SSSR count). The molecule has 3 amide bonds. The molecule has 216 valence electrons. The number of hydrogen-bond acceptors (Lipinski definition) is 4. The number of fused-ring (bicyclic) bond motifs is 1. The average Bonchev–Trinajstić information content (AvgIpc) is 3.59. The van der Waals surface area contributed by atoms with E-state index in [4.69, 9.17) is 4.74 Å². The molecule has 8 atom stereocenters. The summed E-state index contributed by atoms with van der Waals surface area (Å²) in [5.41, 5.74) is 0.809. The van der Waals surface area contributed by atoms with Gasteiger partial charge in [-0.15, -0.1) is 0 Å². The Bertz CT molecular complexity index is 1170. The number of likely N-dealkylation sites (tertiary alicyclic amines) is 1. The van der Waals surface area contributed by atoms with Crippen molar-refractivity contribution in [3.05, 3.63) is 42.0 Å². The van der Waals surface area contributed by atoms with E-state index in [1.54, 1.807) is 0 Å². The van der Waals surface area contributed by atoms with Gasteiger partial charge >= 0.3 is 0 Å². The SMILES string of the molecule is CC(C)c1ccc(NC(=O)[C@H]2[C@H]3C=C[C@@]4(O3)[C@H]2C(=O)N(C2CCCCC2)[C@@H]4C(=O)N[C@@H]2CCC[C@H](C)[C@@H]2C)cc1. The van der Waals surface area contributed by atoms with Crippen LogP contribution in [0.1, 0.15) is 90.5 Å². The number of carbonyl (C=O) groups excluding carboxylic acids is 3. The standard InChI is InChI=1S/C33H45N3O4/c1-19(2)22-13-15-23(16-14-22)34-30(37)27-26-17-18-33(40-26)28(27)32(39)36(24-10-6-5-7-11-24)29(33)31(38)35-25-12-8-9-20(3)21(25)4/h13-21,24-29H,5-12H2,1-4H3,(H,34,37)(H,35,38)/t20-,21-,25+,26+,27-,28+,29+,33+/m0/s1. The summed E-state index contributed by atoms with van der Waals surface area (Å²) in [4.78, 5) is 44.2. The lowest BCUT2D eigenvalue weighted by Gasteiger charge is -2.40. The number of nitrogens with one attached hydrogen (secondary N) is 2. The first kappa shape index (κ1) is 27.5. The third-order valence-corrected chi connectivity index (χ3v) is 10.7. The maximum Gasteiger partial charge on any atom is 0.246 e. The van der Waals surface area contributed by atoms with Crippen LogP contribution >= 0.6 is 0 Å². The van der Waals surface area contributed by atoms with Crippen molar-refractivity contribution in [2.45, 2.75) is 115 Å². The summed E-state index contributed by atoms with van der Waals surface area (Å²) < 4.78 is 6.57. The van der Waals surface area contributed by atoms with Gasteiger partial charge in [-0.2, -0.15) is 0 Å². The lowest BCUT2D eigenvalue weighted by molar-refractivity contribution is -0.145. The zero-order chi connectivity index (χ0) is 28.2. The topological polar surface area (TPSA) is 87.7 Å². The van der Waals surface area contributed by atoms with Crippen LogP contribution in [-0.4, -0.2) is 52.5 Å². The smallest absolute Gasteiger partial charge is 0.246 e. The summed E-state index contributed by atoms with van der Waals surface area (Å²) in [7, 11) is 0. The van der Waals surface area contributed by atoms with Gasteiger partial charge in [0.25, 0.3) is 0 Å². The number of ether oxygens (including phenoxy) is 1. The highest BCUT2D eigenvalue weighted by Gasteiger charge is 2.73.